The second-order valence-electron chi connectivity index (χ2n) is 5.51. The van der Waals surface area contributed by atoms with Crippen LogP contribution in [-0.4, -0.2) is 25.3 Å². The van der Waals surface area contributed by atoms with Gasteiger partial charge in [0.2, 0.25) is 0 Å². The lowest BCUT2D eigenvalue weighted by Crippen LogP contribution is -2.36. The smallest absolute Gasteiger partial charge is 0.387 e. The molecule has 1 aliphatic heterocycles. The second kappa shape index (κ2) is 5.95. The van der Waals surface area contributed by atoms with Gasteiger partial charge in [0, 0.05) is 11.5 Å². The predicted molar refractivity (Wildman–Crippen MR) is 73.7 cm³/mol. The van der Waals surface area contributed by atoms with Crippen LogP contribution in [0.15, 0.2) is 18.2 Å². The largest absolute Gasteiger partial charge is 0.490 e. The van der Waals surface area contributed by atoms with Crippen LogP contribution < -0.4 is 14.8 Å². The fourth-order valence-electron chi connectivity index (χ4n) is 2.81. The Morgan fingerprint density at radius 2 is 2.10 bits per heavy atom. The zero-order valence-corrected chi connectivity index (χ0v) is 12.1. The number of hydrogen-bond acceptors (Lipinski definition) is 3. The van der Waals surface area contributed by atoms with E-state index in [4.69, 9.17) is 4.74 Å². The van der Waals surface area contributed by atoms with E-state index in [2.05, 4.69) is 23.9 Å². The highest BCUT2D eigenvalue weighted by molar-refractivity contribution is 5.45. The topological polar surface area (TPSA) is 30.5 Å². The van der Waals surface area contributed by atoms with Crippen molar-refractivity contribution in [2.75, 3.05) is 13.2 Å². The predicted octanol–water partition coefficient (Wildman–Crippen LogP) is 3.54. The Labute approximate surface area is 118 Å². The molecule has 0 saturated carbocycles. The Kier molecular flexibility index (Phi) is 4.48. The van der Waals surface area contributed by atoms with Crippen molar-refractivity contribution in [3.8, 4) is 11.5 Å². The summed E-state index contributed by atoms with van der Waals surface area (Å²) in [7, 11) is 0. The van der Waals surface area contributed by atoms with E-state index in [-0.39, 0.29) is 11.3 Å². The van der Waals surface area contributed by atoms with Crippen molar-refractivity contribution in [2.45, 2.75) is 45.3 Å². The van der Waals surface area contributed by atoms with Gasteiger partial charge in [-0.15, -0.1) is 0 Å². The summed E-state index contributed by atoms with van der Waals surface area (Å²) in [6.07, 6.45) is 1.02. The van der Waals surface area contributed by atoms with Gasteiger partial charge in [0.05, 0.1) is 6.61 Å². The van der Waals surface area contributed by atoms with Crippen molar-refractivity contribution >= 4 is 0 Å². The first-order valence-electron chi connectivity index (χ1n) is 6.90. The van der Waals surface area contributed by atoms with Crippen LogP contribution in [0.4, 0.5) is 8.78 Å². The Morgan fingerprint density at radius 3 is 2.65 bits per heavy atom. The first-order valence-corrected chi connectivity index (χ1v) is 6.90. The molecule has 0 amide bonds. The highest BCUT2D eigenvalue weighted by atomic mass is 19.3. The quantitative estimate of drug-likeness (QED) is 0.897. The zero-order valence-electron chi connectivity index (χ0n) is 12.1. The lowest BCUT2D eigenvalue weighted by Gasteiger charge is -2.28. The maximum absolute atomic E-state index is 12.4. The van der Waals surface area contributed by atoms with E-state index in [1.54, 1.807) is 6.07 Å². The molecule has 20 heavy (non-hydrogen) atoms. The van der Waals surface area contributed by atoms with Gasteiger partial charge in [-0.2, -0.15) is 8.78 Å². The van der Waals surface area contributed by atoms with Gasteiger partial charge in [-0.1, -0.05) is 6.07 Å². The molecule has 1 atom stereocenters. The molecule has 0 aliphatic carbocycles. The van der Waals surface area contributed by atoms with Crippen molar-refractivity contribution < 1.29 is 18.3 Å². The van der Waals surface area contributed by atoms with Gasteiger partial charge in [0.25, 0.3) is 0 Å². The monoisotopic (exact) mass is 285 g/mol. The maximum atomic E-state index is 12.4. The molecule has 112 valence electrons. The molecule has 0 spiro atoms. The minimum absolute atomic E-state index is 0.00538. The van der Waals surface area contributed by atoms with Crippen molar-refractivity contribution in [1.82, 2.24) is 5.32 Å². The normalized spacial score (nSPS) is 21.2. The summed E-state index contributed by atoms with van der Waals surface area (Å²) in [5.74, 6) is 0.810. The van der Waals surface area contributed by atoms with Crippen LogP contribution >= 0.6 is 0 Å². The molecule has 1 fully saturated rings. The zero-order chi connectivity index (χ0) is 14.8. The van der Waals surface area contributed by atoms with Crippen LogP contribution in [0.3, 0.4) is 0 Å². The van der Waals surface area contributed by atoms with E-state index >= 15 is 0 Å². The highest BCUT2D eigenvalue weighted by Gasteiger charge is 2.35. The van der Waals surface area contributed by atoms with Crippen LogP contribution in [0, 0.1) is 0 Å². The number of hydrogen-bond donors (Lipinski definition) is 1. The summed E-state index contributed by atoms with van der Waals surface area (Å²) in [5.41, 5.74) is 1.08. The number of nitrogens with one attached hydrogen (secondary N) is 1. The first-order chi connectivity index (χ1) is 9.44. The van der Waals surface area contributed by atoms with E-state index in [1.165, 1.54) is 0 Å². The lowest BCUT2D eigenvalue weighted by atomic mass is 9.83. The van der Waals surface area contributed by atoms with Gasteiger partial charge < -0.3 is 14.8 Å². The molecule has 0 aromatic heterocycles. The minimum atomic E-state index is -2.84. The SMILES string of the molecule is CCOc1cc(C2CCNC2(C)C)ccc1OC(F)F. The number of rotatable bonds is 5. The van der Waals surface area contributed by atoms with Crippen LogP contribution in [0.25, 0.3) is 0 Å². The molecule has 0 bridgehead atoms. The molecule has 1 saturated heterocycles. The molecule has 3 nitrogen and oxygen atoms in total. The number of benzene rings is 1. The third kappa shape index (κ3) is 3.20. The average molecular weight is 285 g/mol. The van der Waals surface area contributed by atoms with Crippen molar-refractivity contribution in [1.29, 1.82) is 0 Å². The van der Waals surface area contributed by atoms with Crippen molar-refractivity contribution in [2.24, 2.45) is 0 Å². The molecule has 1 aliphatic rings. The maximum Gasteiger partial charge on any atom is 0.387 e. The van der Waals surface area contributed by atoms with Crippen LogP contribution in [-0.2, 0) is 0 Å². The van der Waals surface area contributed by atoms with Gasteiger partial charge in [0.15, 0.2) is 11.5 Å². The third-order valence-electron chi connectivity index (χ3n) is 3.77. The summed E-state index contributed by atoms with van der Waals surface area (Å²) in [6.45, 7) is 4.64. The highest BCUT2D eigenvalue weighted by Crippen LogP contribution is 2.39. The number of halogens is 2. The van der Waals surface area contributed by atoms with E-state index in [0.717, 1.165) is 18.5 Å². The van der Waals surface area contributed by atoms with Crippen LogP contribution in [0.5, 0.6) is 11.5 Å². The van der Waals surface area contributed by atoms with Gasteiger partial charge in [-0.25, -0.2) is 0 Å². The summed E-state index contributed by atoms with van der Waals surface area (Å²) >= 11 is 0. The van der Waals surface area contributed by atoms with Crippen molar-refractivity contribution in [3.05, 3.63) is 23.8 Å². The number of alkyl halides is 2. The fraction of sp³-hybridized carbons (Fsp3) is 0.600. The molecule has 0 radical (unpaired) electrons. The molecule has 1 heterocycles. The Hall–Kier alpha value is -1.36. The lowest BCUT2D eigenvalue weighted by molar-refractivity contribution is -0.0514. The van der Waals surface area contributed by atoms with E-state index in [1.807, 2.05) is 19.1 Å². The average Bonchev–Trinajstić information content (AvgIpc) is 2.71. The molecule has 1 aromatic rings. The number of ether oxygens (including phenoxy) is 2. The molecule has 1 unspecified atom stereocenters. The van der Waals surface area contributed by atoms with Gasteiger partial charge in [-0.3, -0.25) is 0 Å². The van der Waals surface area contributed by atoms with Gasteiger partial charge in [-0.05, 0) is 51.4 Å². The minimum Gasteiger partial charge on any atom is -0.490 e. The summed E-state index contributed by atoms with van der Waals surface area (Å²) in [4.78, 5) is 0. The second-order valence-corrected chi connectivity index (χ2v) is 5.51. The fourth-order valence-corrected chi connectivity index (χ4v) is 2.81. The molecule has 5 heteroatoms. The van der Waals surface area contributed by atoms with Crippen molar-refractivity contribution in [3.63, 3.8) is 0 Å². The van der Waals surface area contributed by atoms with E-state index < -0.39 is 6.61 Å². The summed E-state index contributed by atoms with van der Waals surface area (Å²) in [5, 5.41) is 3.45. The first kappa shape index (κ1) is 15.0. The standard InChI is InChI=1S/C15H21F2NO2/c1-4-19-13-9-10(5-6-12(13)20-14(16)17)11-7-8-18-15(11,2)3/h5-6,9,11,14,18H,4,7-8H2,1-3H3. The third-order valence-corrected chi connectivity index (χ3v) is 3.77. The molecular weight excluding hydrogens is 264 g/mol. The molecule has 1 aromatic carbocycles. The van der Waals surface area contributed by atoms with E-state index in [9.17, 15) is 8.78 Å². The summed E-state index contributed by atoms with van der Waals surface area (Å²) in [6, 6.07) is 5.24. The molecular formula is C15H21F2NO2. The van der Waals surface area contributed by atoms with Crippen LogP contribution in [0.1, 0.15) is 38.7 Å². The van der Waals surface area contributed by atoms with Crippen LogP contribution in [0.2, 0.25) is 0 Å². The molecule has 2 rings (SSSR count). The van der Waals surface area contributed by atoms with Gasteiger partial charge in [0.1, 0.15) is 0 Å². The summed E-state index contributed by atoms with van der Waals surface area (Å²) < 4.78 is 34.7. The Morgan fingerprint density at radius 1 is 1.35 bits per heavy atom. The molecule has 1 N–H and O–H groups in total. The van der Waals surface area contributed by atoms with Gasteiger partial charge >= 0.3 is 6.61 Å². The Balaban J connectivity index is 2.29. The van der Waals surface area contributed by atoms with E-state index in [0.29, 0.717) is 18.3 Å². The Bertz CT molecular complexity index is 463.